The number of methoxy groups -OCH3 is 4. The average molecular weight is 619 g/mol. The van der Waals surface area contributed by atoms with Gasteiger partial charge in [-0.1, -0.05) is 0 Å². The number of hydrogen-bond acceptors (Lipinski definition) is 12. The molecule has 1 aliphatic carbocycles. The zero-order valence-corrected chi connectivity index (χ0v) is 24.9. The molecule has 6 heterocycles. The van der Waals surface area contributed by atoms with Crippen molar-refractivity contribution in [2.45, 2.75) is 12.8 Å². The minimum Gasteiger partial charge on any atom is -0.495 e. The van der Waals surface area contributed by atoms with Crippen molar-refractivity contribution in [3.63, 3.8) is 0 Å². The van der Waals surface area contributed by atoms with Crippen LogP contribution in [-0.4, -0.2) is 38.4 Å². The first-order valence-corrected chi connectivity index (χ1v) is 14.3. The summed E-state index contributed by atoms with van der Waals surface area (Å²) in [6.45, 7) is 0. The van der Waals surface area contributed by atoms with Crippen LogP contribution in [0.25, 0.3) is 77.5 Å². The molecular formula is C34H22N2O10. The number of aromatic nitrogens is 2. The number of benzene rings is 2. The highest BCUT2D eigenvalue weighted by Crippen LogP contribution is 2.45. The quantitative estimate of drug-likeness (QED) is 0.204. The van der Waals surface area contributed by atoms with Gasteiger partial charge in [-0.2, -0.15) is 0 Å². The van der Waals surface area contributed by atoms with Crippen molar-refractivity contribution in [3.05, 3.63) is 68.4 Å². The molecule has 0 spiro atoms. The van der Waals surface area contributed by atoms with E-state index in [9.17, 15) is 9.59 Å². The van der Waals surface area contributed by atoms with Gasteiger partial charge in [-0.05, 0) is 48.2 Å². The molecule has 46 heavy (non-hydrogen) atoms. The Kier molecular flexibility index (Phi) is 5.30. The molecule has 0 amide bonds. The first-order chi connectivity index (χ1) is 22.5. The van der Waals surface area contributed by atoms with E-state index in [2.05, 4.69) is 0 Å². The normalized spacial score (nSPS) is 12.8. The third kappa shape index (κ3) is 3.22. The van der Waals surface area contributed by atoms with Crippen molar-refractivity contribution in [2.24, 2.45) is 0 Å². The topological polar surface area (TPSA) is 149 Å². The van der Waals surface area contributed by atoms with Crippen LogP contribution in [0.5, 0.6) is 23.0 Å². The van der Waals surface area contributed by atoms with Crippen LogP contribution < -0.4 is 29.8 Å². The van der Waals surface area contributed by atoms with Gasteiger partial charge >= 0.3 is 0 Å². The van der Waals surface area contributed by atoms with Gasteiger partial charge in [-0.15, -0.1) is 0 Å². The van der Waals surface area contributed by atoms with Crippen LogP contribution in [-0.2, 0) is 12.8 Å². The highest BCUT2D eigenvalue weighted by molar-refractivity contribution is 6.10. The molecule has 8 aromatic rings. The number of aryl methyl sites for hydroxylation is 2. The fourth-order valence-corrected chi connectivity index (χ4v) is 6.72. The second-order valence-electron chi connectivity index (χ2n) is 10.9. The number of nitrogens with zero attached hydrogens (tertiary/aromatic N) is 2. The fourth-order valence-electron chi connectivity index (χ4n) is 6.72. The molecule has 0 aliphatic heterocycles. The summed E-state index contributed by atoms with van der Waals surface area (Å²) in [5, 5.41) is 2.21. The largest absolute Gasteiger partial charge is 0.495 e. The summed E-state index contributed by atoms with van der Waals surface area (Å²) in [6, 6.07) is 6.98. The monoisotopic (exact) mass is 618 g/mol. The predicted molar refractivity (Wildman–Crippen MR) is 168 cm³/mol. The molecular weight excluding hydrogens is 596 g/mol. The van der Waals surface area contributed by atoms with E-state index in [4.69, 9.17) is 46.6 Å². The number of furan rings is 2. The van der Waals surface area contributed by atoms with Crippen molar-refractivity contribution >= 4 is 66.1 Å². The Morgan fingerprint density at radius 2 is 0.978 bits per heavy atom. The lowest BCUT2D eigenvalue weighted by Gasteiger charge is -2.19. The van der Waals surface area contributed by atoms with Gasteiger partial charge in [0.2, 0.25) is 33.8 Å². The van der Waals surface area contributed by atoms with Gasteiger partial charge in [0.25, 0.3) is 0 Å². The Hall–Kier alpha value is -6.04. The van der Waals surface area contributed by atoms with Crippen LogP contribution in [0.15, 0.2) is 64.0 Å². The minimum atomic E-state index is -0.315. The fraction of sp³-hybridized carbons (Fsp3) is 0.176. The third-order valence-electron chi connectivity index (χ3n) is 8.73. The van der Waals surface area contributed by atoms with Gasteiger partial charge in [0.05, 0.1) is 73.9 Å². The summed E-state index contributed by atoms with van der Waals surface area (Å²) in [6.07, 6.45) is 4.10. The molecule has 6 aromatic heterocycles. The standard InChI is InChI=1S/C34H22N2O10/c1-39-25-15-7-9-43-27(15)31(41-3)29-19(25)23(37)17-11-13-5-6-14-12-18-24(38)20-26(40-2)16-8-10-44-28(16)32(42-4)30(20)46-34(18)36-22(14)21(13)35-33(17)45-29/h7-12H,5-6H2,1-4H3. The average Bonchev–Trinajstić information content (AvgIpc) is 3.76. The Balaban J connectivity index is 1.34. The minimum absolute atomic E-state index is 0.0869. The second kappa shape index (κ2) is 9.24. The zero-order valence-electron chi connectivity index (χ0n) is 24.9. The molecule has 0 atom stereocenters. The SMILES string of the molecule is COc1c2occc2c(OC)c2c(=O)c3cc4c(nc3oc12)-c1nc2oc3c(OC)c5occc5c(OC)c3c(=O)c2cc1CC4. The summed E-state index contributed by atoms with van der Waals surface area (Å²) in [4.78, 5) is 37.6. The van der Waals surface area contributed by atoms with Crippen molar-refractivity contribution in [1.82, 2.24) is 9.97 Å². The Labute approximate surface area is 256 Å². The molecule has 0 N–H and O–H groups in total. The lowest BCUT2D eigenvalue weighted by Crippen LogP contribution is -2.13. The van der Waals surface area contributed by atoms with Gasteiger partial charge in [0.1, 0.15) is 22.3 Å². The maximum atomic E-state index is 14.0. The van der Waals surface area contributed by atoms with Crippen molar-refractivity contribution in [3.8, 4) is 34.4 Å². The van der Waals surface area contributed by atoms with Gasteiger partial charge < -0.3 is 36.6 Å². The van der Waals surface area contributed by atoms with E-state index in [1.54, 1.807) is 24.3 Å². The maximum absolute atomic E-state index is 14.0. The van der Waals surface area contributed by atoms with E-state index in [1.807, 2.05) is 0 Å². The zero-order chi connectivity index (χ0) is 31.4. The summed E-state index contributed by atoms with van der Waals surface area (Å²) in [5.74, 6) is 1.16. The van der Waals surface area contributed by atoms with E-state index in [0.717, 1.165) is 11.1 Å². The number of fused-ring (bicyclic) bond motifs is 9. The van der Waals surface area contributed by atoms with Crippen molar-refractivity contribution in [2.75, 3.05) is 28.4 Å². The Morgan fingerprint density at radius 3 is 1.37 bits per heavy atom. The van der Waals surface area contributed by atoms with E-state index in [-0.39, 0.29) is 66.5 Å². The van der Waals surface area contributed by atoms with Gasteiger partial charge in [-0.25, -0.2) is 9.97 Å². The van der Waals surface area contributed by atoms with Crippen LogP contribution in [0.4, 0.5) is 0 Å². The molecule has 12 heteroatoms. The summed E-state index contributed by atoms with van der Waals surface area (Å²) in [5.41, 5.74) is 3.23. The molecule has 0 saturated heterocycles. The molecule has 1 aliphatic rings. The molecule has 2 aromatic carbocycles. The van der Waals surface area contributed by atoms with Crippen LogP contribution in [0, 0.1) is 0 Å². The Morgan fingerprint density at radius 1 is 0.565 bits per heavy atom. The first kappa shape index (κ1) is 26.4. The van der Waals surface area contributed by atoms with Crippen molar-refractivity contribution in [1.29, 1.82) is 0 Å². The molecule has 0 radical (unpaired) electrons. The number of rotatable bonds is 4. The molecule has 0 fully saturated rings. The van der Waals surface area contributed by atoms with Crippen LogP contribution in [0.1, 0.15) is 11.1 Å². The lowest BCUT2D eigenvalue weighted by atomic mass is 9.91. The third-order valence-corrected chi connectivity index (χ3v) is 8.73. The predicted octanol–water partition coefficient (Wildman–Crippen LogP) is 6.29. The molecule has 0 saturated carbocycles. The molecule has 0 bridgehead atoms. The summed E-state index contributed by atoms with van der Waals surface area (Å²) >= 11 is 0. The van der Waals surface area contributed by atoms with Gasteiger partial charge in [-0.3, -0.25) is 9.59 Å². The lowest BCUT2D eigenvalue weighted by molar-refractivity contribution is 0.402. The molecule has 0 unspecified atom stereocenters. The Bertz CT molecular complexity index is 2560. The maximum Gasteiger partial charge on any atom is 0.231 e. The van der Waals surface area contributed by atoms with Crippen molar-refractivity contribution < 1.29 is 36.6 Å². The number of hydrogen-bond donors (Lipinski definition) is 0. The van der Waals surface area contributed by atoms with Crippen LogP contribution in [0.2, 0.25) is 0 Å². The van der Waals surface area contributed by atoms with E-state index in [0.29, 0.717) is 57.7 Å². The van der Waals surface area contributed by atoms with Crippen LogP contribution >= 0.6 is 0 Å². The van der Waals surface area contributed by atoms with Gasteiger partial charge in [0, 0.05) is 0 Å². The van der Waals surface area contributed by atoms with Gasteiger partial charge in [0.15, 0.2) is 22.3 Å². The summed E-state index contributed by atoms with van der Waals surface area (Å²) in [7, 11) is 5.91. The molecule has 228 valence electrons. The number of pyridine rings is 2. The van der Waals surface area contributed by atoms with Crippen LogP contribution in [0.3, 0.4) is 0 Å². The molecule has 12 nitrogen and oxygen atoms in total. The van der Waals surface area contributed by atoms with E-state index < -0.39 is 0 Å². The number of ether oxygens (including phenoxy) is 4. The highest BCUT2D eigenvalue weighted by atomic mass is 16.5. The van der Waals surface area contributed by atoms with E-state index >= 15 is 0 Å². The van der Waals surface area contributed by atoms with E-state index in [1.165, 1.54) is 41.0 Å². The summed E-state index contributed by atoms with van der Waals surface area (Å²) < 4.78 is 46.5. The first-order valence-electron chi connectivity index (χ1n) is 14.3. The smallest absolute Gasteiger partial charge is 0.231 e. The second-order valence-corrected chi connectivity index (χ2v) is 10.9. The highest BCUT2D eigenvalue weighted by Gasteiger charge is 2.29. The molecule has 9 rings (SSSR count).